The van der Waals surface area contributed by atoms with E-state index in [0.29, 0.717) is 5.41 Å². The highest BCUT2D eigenvalue weighted by molar-refractivity contribution is 5.66. The average Bonchev–Trinajstić information content (AvgIpc) is 2.18. The van der Waals surface area contributed by atoms with Gasteiger partial charge in [-0.1, -0.05) is 27.2 Å². The van der Waals surface area contributed by atoms with Crippen LogP contribution in [-0.2, 0) is 9.53 Å². The first-order valence-electron chi connectivity index (χ1n) is 6.13. The molecule has 0 aliphatic heterocycles. The van der Waals surface area contributed by atoms with E-state index in [2.05, 4.69) is 20.8 Å². The third-order valence-corrected chi connectivity index (χ3v) is 4.02. The van der Waals surface area contributed by atoms with Crippen LogP contribution in [0.1, 0.15) is 59.8 Å². The second kappa shape index (κ2) is 5.00. The van der Waals surface area contributed by atoms with Gasteiger partial charge in [0.1, 0.15) is 6.10 Å². The number of rotatable bonds is 3. The van der Waals surface area contributed by atoms with Crippen molar-refractivity contribution < 1.29 is 9.53 Å². The van der Waals surface area contributed by atoms with Gasteiger partial charge in [-0.05, 0) is 37.0 Å². The van der Waals surface area contributed by atoms with E-state index in [0.717, 1.165) is 18.8 Å². The Morgan fingerprint density at radius 2 is 1.80 bits per heavy atom. The number of esters is 1. The number of ether oxygens (including phenoxy) is 1. The van der Waals surface area contributed by atoms with Crippen LogP contribution >= 0.6 is 0 Å². The molecule has 0 N–H and O–H groups in total. The summed E-state index contributed by atoms with van der Waals surface area (Å²) in [7, 11) is 0. The van der Waals surface area contributed by atoms with Gasteiger partial charge < -0.3 is 4.74 Å². The highest BCUT2D eigenvalue weighted by Gasteiger charge is 2.32. The molecule has 0 aromatic rings. The van der Waals surface area contributed by atoms with Gasteiger partial charge in [-0.3, -0.25) is 4.79 Å². The molecule has 1 aliphatic rings. The van der Waals surface area contributed by atoms with Crippen LogP contribution in [0.25, 0.3) is 0 Å². The molecule has 1 saturated carbocycles. The van der Waals surface area contributed by atoms with E-state index >= 15 is 0 Å². The zero-order valence-electron chi connectivity index (χ0n) is 10.5. The van der Waals surface area contributed by atoms with E-state index in [1.807, 2.05) is 0 Å². The third kappa shape index (κ3) is 3.51. The van der Waals surface area contributed by atoms with Crippen molar-refractivity contribution in [2.45, 2.75) is 65.9 Å². The van der Waals surface area contributed by atoms with Crippen molar-refractivity contribution in [2.24, 2.45) is 11.3 Å². The van der Waals surface area contributed by atoms with Crippen LogP contribution < -0.4 is 0 Å². The molecule has 0 spiro atoms. The second-order valence-electron chi connectivity index (χ2n) is 5.43. The topological polar surface area (TPSA) is 26.3 Å². The first-order chi connectivity index (χ1) is 6.95. The van der Waals surface area contributed by atoms with Gasteiger partial charge in [0.05, 0.1) is 0 Å². The van der Waals surface area contributed by atoms with Crippen molar-refractivity contribution in [3.8, 4) is 0 Å². The third-order valence-electron chi connectivity index (χ3n) is 4.02. The fourth-order valence-corrected chi connectivity index (χ4v) is 2.49. The van der Waals surface area contributed by atoms with Crippen LogP contribution in [0, 0.1) is 11.3 Å². The molecule has 0 aromatic carbocycles. The number of hydrogen-bond donors (Lipinski definition) is 0. The summed E-state index contributed by atoms with van der Waals surface area (Å²) in [6.45, 7) is 8.47. The molecular formula is C13H24O2. The molecule has 0 saturated heterocycles. The monoisotopic (exact) mass is 212 g/mol. The number of carbonyl (C=O) groups is 1. The van der Waals surface area contributed by atoms with Crippen molar-refractivity contribution in [1.82, 2.24) is 0 Å². The Kier molecular flexibility index (Phi) is 4.18. The molecule has 1 aliphatic carbocycles. The summed E-state index contributed by atoms with van der Waals surface area (Å²) in [5.74, 6) is 0.669. The largest absolute Gasteiger partial charge is 0.463 e. The van der Waals surface area contributed by atoms with Gasteiger partial charge in [0.2, 0.25) is 0 Å². The Hall–Kier alpha value is -0.530. The van der Waals surface area contributed by atoms with Gasteiger partial charge in [0, 0.05) is 6.92 Å². The zero-order valence-corrected chi connectivity index (χ0v) is 10.5. The fourth-order valence-electron chi connectivity index (χ4n) is 2.49. The maximum Gasteiger partial charge on any atom is 0.302 e. The maximum absolute atomic E-state index is 10.8. The zero-order chi connectivity index (χ0) is 11.5. The van der Waals surface area contributed by atoms with Gasteiger partial charge in [0.25, 0.3) is 0 Å². The Morgan fingerprint density at radius 3 is 2.20 bits per heavy atom. The standard InChI is InChI=1S/C13H24O2/c1-5-13(3,4)11-6-8-12(9-7-11)15-10(2)14/h11-12H,5-9H2,1-4H3. The van der Waals surface area contributed by atoms with E-state index < -0.39 is 0 Å². The van der Waals surface area contributed by atoms with Gasteiger partial charge in [-0.15, -0.1) is 0 Å². The molecule has 0 aromatic heterocycles. The minimum atomic E-state index is -0.131. The average molecular weight is 212 g/mol. The molecule has 1 rings (SSSR count). The smallest absolute Gasteiger partial charge is 0.302 e. The van der Waals surface area contributed by atoms with Gasteiger partial charge in [-0.25, -0.2) is 0 Å². The van der Waals surface area contributed by atoms with Gasteiger partial charge in [-0.2, -0.15) is 0 Å². The summed E-state index contributed by atoms with van der Waals surface area (Å²) in [5.41, 5.74) is 0.446. The molecule has 0 unspecified atom stereocenters. The van der Waals surface area contributed by atoms with E-state index in [9.17, 15) is 4.79 Å². The first kappa shape index (κ1) is 12.5. The molecule has 0 atom stereocenters. The summed E-state index contributed by atoms with van der Waals surface area (Å²) >= 11 is 0. The van der Waals surface area contributed by atoms with E-state index in [-0.39, 0.29) is 12.1 Å². The highest BCUT2D eigenvalue weighted by atomic mass is 16.5. The minimum absolute atomic E-state index is 0.131. The summed E-state index contributed by atoms with van der Waals surface area (Å²) in [6.07, 6.45) is 5.93. The molecule has 0 radical (unpaired) electrons. The lowest BCUT2D eigenvalue weighted by Gasteiger charge is -2.38. The lowest BCUT2D eigenvalue weighted by atomic mass is 9.69. The Bertz CT molecular complexity index is 213. The molecule has 2 heteroatoms. The second-order valence-corrected chi connectivity index (χ2v) is 5.43. The van der Waals surface area contributed by atoms with Crippen molar-refractivity contribution in [2.75, 3.05) is 0 Å². The van der Waals surface area contributed by atoms with Crippen molar-refractivity contribution >= 4 is 5.97 Å². The van der Waals surface area contributed by atoms with E-state index in [4.69, 9.17) is 4.74 Å². The summed E-state index contributed by atoms with van der Waals surface area (Å²) in [5, 5.41) is 0. The summed E-state index contributed by atoms with van der Waals surface area (Å²) in [6, 6.07) is 0. The Labute approximate surface area is 93.4 Å². The minimum Gasteiger partial charge on any atom is -0.463 e. The fraction of sp³-hybridized carbons (Fsp3) is 0.923. The van der Waals surface area contributed by atoms with Crippen molar-refractivity contribution in [3.63, 3.8) is 0 Å². The van der Waals surface area contributed by atoms with Crippen molar-refractivity contribution in [1.29, 1.82) is 0 Å². The van der Waals surface area contributed by atoms with Gasteiger partial charge in [0.15, 0.2) is 0 Å². The molecule has 2 nitrogen and oxygen atoms in total. The SMILES string of the molecule is CCC(C)(C)C1CCC(OC(C)=O)CC1. The Morgan fingerprint density at radius 1 is 1.27 bits per heavy atom. The lowest BCUT2D eigenvalue weighted by Crippen LogP contribution is -2.31. The van der Waals surface area contributed by atoms with E-state index in [1.54, 1.807) is 0 Å². The van der Waals surface area contributed by atoms with E-state index in [1.165, 1.54) is 26.2 Å². The van der Waals surface area contributed by atoms with Gasteiger partial charge >= 0.3 is 5.97 Å². The molecule has 0 bridgehead atoms. The molecular weight excluding hydrogens is 188 g/mol. The predicted molar refractivity (Wildman–Crippen MR) is 61.6 cm³/mol. The molecule has 15 heavy (non-hydrogen) atoms. The first-order valence-corrected chi connectivity index (χ1v) is 6.13. The lowest BCUT2D eigenvalue weighted by molar-refractivity contribution is -0.148. The van der Waals surface area contributed by atoms with Crippen LogP contribution in [-0.4, -0.2) is 12.1 Å². The normalized spacial score (nSPS) is 27.5. The summed E-state index contributed by atoms with van der Waals surface area (Å²) < 4.78 is 5.25. The van der Waals surface area contributed by atoms with Crippen LogP contribution in [0.4, 0.5) is 0 Å². The highest BCUT2D eigenvalue weighted by Crippen LogP contribution is 2.40. The predicted octanol–water partition coefficient (Wildman–Crippen LogP) is 3.54. The molecule has 0 amide bonds. The van der Waals surface area contributed by atoms with Crippen LogP contribution in [0.15, 0.2) is 0 Å². The molecule has 1 fully saturated rings. The number of carbonyl (C=O) groups excluding carboxylic acids is 1. The van der Waals surface area contributed by atoms with Crippen molar-refractivity contribution in [3.05, 3.63) is 0 Å². The Balaban J connectivity index is 2.39. The maximum atomic E-state index is 10.8. The molecule has 88 valence electrons. The summed E-state index contributed by atoms with van der Waals surface area (Å²) in [4.78, 5) is 10.8. The number of hydrogen-bond acceptors (Lipinski definition) is 2. The molecule has 0 heterocycles. The quantitative estimate of drug-likeness (QED) is 0.669. The van der Waals surface area contributed by atoms with Crippen LogP contribution in [0.3, 0.4) is 0 Å². The van der Waals surface area contributed by atoms with Crippen LogP contribution in [0.5, 0.6) is 0 Å². The van der Waals surface area contributed by atoms with Crippen LogP contribution in [0.2, 0.25) is 0 Å².